The molecule has 0 fully saturated rings. The van der Waals surface area contributed by atoms with Crippen molar-refractivity contribution in [3.8, 4) is 5.75 Å². The molecule has 8 heteroatoms. The van der Waals surface area contributed by atoms with Gasteiger partial charge in [0.25, 0.3) is 5.56 Å². The van der Waals surface area contributed by atoms with Crippen molar-refractivity contribution >= 4 is 23.4 Å². The molecule has 0 aliphatic carbocycles. The van der Waals surface area contributed by atoms with Crippen LogP contribution in [0.2, 0.25) is 0 Å². The summed E-state index contributed by atoms with van der Waals surface area (Å²) >= 11 is 1.16. The van der Waals surface area contributed by atoms with Crippen LogP contribution in [0.5, 0.6) is 5.75 Å². The maximum atomic E-state index is 12.3. The minimum atomic E-state index is -0.462. The normalized spacial score (nSPS) is 11.8. The summed E-state index contributed by atoms with van der Waals surface area (Å²) in [7, 11) is 3.07. The number of hydrogen-bond donors (Lipinski definition) is 2. The number of nitrogens with one attached hydrogen (secondary N) is 2. The number of anilines is 1. The van der Waals surface area contributed by atoms with Crippen LogP contribution in [0.1, 0.15) is 12.6 Å². The van der Waals surface area contributed by atoms with Gasteiger partial charge in [-0.2, -0.15) is 0 Å². The second-order valence-electron chi connectivity index (χ2n) is 4.92. The lowest BCUT2D eigenvalue weighted by atomic mass is 10.3. The third-order valence-corrected chi connectivity index (χ3v) is 4.07. The van der Waals surface area contributed by atoms with Gasteiger partial charge in [-0.15, -0.1) is 0 Å². The van der Waals surface area contributed by atoms with Crippen LogP contribution in [0.3, 0.4) is 0 Å². The van der Waals surface area contributed by atoms with E-state index in [1.54, 1.807) is 26.2 Å². The molecule has 128 valence electrons. The average molecular weight is 349 g/mol. The standard InChI is InChI=1S/C16H19N3O4S/c1-10(15(21)18-12-6-4-5-7-13(12)23-3)24-16-17-11(9-22-2)8-14(20)19-16/h4-8,10H,9H2,1-3H3,(H,18,21)(H,17,19,20). The van der Waals surface area contributed by atoms with Crippen molar-refractivity contribution in [2.45, 2.75) is 23.9 Å². The lowest BCUT2D eigenvalue weighted by Crippen LogP contribution is -2.23. The Hall–Kier alpha value is -2.32. The minimum Gasteiger partial charge on any atom is -0.495 e. The fourth-order valence-corrected chi connectivity index (χ4v) is 2.79. The van der Waals surface area contributed by atoms with E-state index in [-0.39, 0.29) is 18.1 Å². The van der Waals surface area contributed by atoms with Crippen molar-refractivity contribution in [3.63, 3.8) is 0 Å². The number of carbonyl (C=O) groups is 1. The molecular formula is C16H19N3O4S. The number of hydrogen-bond acceptors (Lipinski definition) is 6. The van der Waals surface area contributed by atoms with Gasteiger partial charge in [0.05, 0.1) is 30.3 Å². The number of aromatic nitrogens is 2. The Kier molecular flexibility index (Phi) is 6.39. The van der Waals surface area contributed by atoms with Crippen LogP contribution < -0.4 is 15.6 Å². The minimum absolute atomic E-state index is 0.218. The fourth-order valence-electron chi connectivity index (χ4n) is 1.96. The number of aromatic amines is 1. The predicted molar refractivity (Wildman–Crippen MR) is 92.5 cm³/mol. The molecule has 7 nitrogen and oxygen atoms in total. The molecule has 0 radical (unpaired) electrons. The van der Waals surface area contributed by atoms with E-state index >= 15 is 0 Å². The number of para-hydroxylation sites is 2. The van der Waals surface area contributed by atoms with Crippen LogP contribution in [0, 0.1) is 0 Å². The summed E-state index contributed by atoms with van der Waals surface area (Å²) < 4.78 is 10.2. The number of amides is 1. The molecule has 2 aromatic rings. The zero-order valence-electron chi connectivity index (χ0n) is 13.7. The molecule has 0 aliphatic rings. The largest absolute Gasteiger partial charge is 0.495 e. The smallest absolute Gasteiger partial charge is 0.251 e. The first-order valence-corrected chi connectivity index (χ1v) is 8.11. The van der Waals surface area contributed by atoms with Crippen LogP contribution in [0.15, 0.2) is 40.3 Å². The molecule has 1 amide bonds. The molecular weight excluding hydrogens is 330 g/mol. The molecule has 1 heterocycles. The van der Waals surface area contributed by atoms with Crippen LogP contribution in [0.25, 0.3) is 0 Å². The molecule has 24 heavy (non-hydrogen) atoms. The topological polar surface area (TPSA) is 93.3 Å². The number of carbonyl (C=O) groups excluding carboxylic acids is 1. The first-order chi connectivity index (χ1) is 11.5. The summed E-state index contributed by atoms with van der Waals surface area (Å²) in [6.07, 6.45) is 0. The van der Waals surface area contributed by atoms with E-state index in [2.05, 4.69) is 15.3 Å². The van der Waals surface area contributed by atoms with Crippen LogP contribution in [-0.4, -0.2) is 35.3 Å². The van der Waals surface area contributed by atoms with Crippen LogP contribution in [0.4, 0.5) is 5.69 Å². The van der Waals surface area contributed by atoms with E-state index in [9.17, 15) is 9.59 Å². The molecule has 0 saturated carbocycles. The molecule has 2 N–H and O–H groups in total. The summed E-state index contributed by atoms with van der Waals surface area (Å²) in [6, 6.07) is 8.52. The third-order valence-electron chi connectivity index (χ3n) is 3.09. The predicted octanol–water partition coefficient (Wildman–Crippen LogP) is 2.04. The number of benzene rings is 1. The van der Waals surface area contributed by atoms with Crippen molar-refractivity contribution in [2.24, 2.45) is 0 Å². The quantitative estimate of drug-likeness (QED) is 0.587. The summed E-state index contributed by atoms with van der Waals surface area (Å²) in [5, 5.41) is 2.72. The monoisotopic (exact) mass is 349 g/mol. The van der Waals surface area contributed by atoms with Crippen molar-refractivity contribution in [2.75, 3.05) is 19.5 Å². The van der Waals surface area contributed by atoms with Crippen molar-refractivity contribution in [3.05, 3.63) is 46.4 Å². The number of H-pyrrole nitrogens is 1. The highest BCUT2D eigenvalue weighted by atomic mass is 32.2. The lowest BCUT2D eigenvalue weighted by molar-refractivity contribution is -0.115. The maximum absolute atomic E-state index is 12.3. The highest BCUT2D eigenvalue weighted by Gasteiger charge is 2.17. The van der Waals surface area contributed by atoms with Gasteiger partial charge in [-0.05, 0) is 19.1 Å². The number of methoxy groups -OCH3 is 2. The van der Waals surface area contributed by atoms with Gasteiger partial charge in [0.15, 0.2) is 5.16 Å². The molecule has 1 unspecified atom stereocenters. The molecule has 0 spiro atoms. The van der Waals surface area contributed by atoms with Crippen molar-refractivity contribution < 1.29 is 14.3 Å². The van der Waals surface area contributed by atoms with E-state index in [0.717, 1.165) is 11.8 Å². The summed E-state index contributed by atoms with van der Waals surface area (Å²) in [6.45, 7) is 1.97. The van der Waals surface area contributed by atoms with Gasteiger partial charge in [0, 0.05) is 13.2 Å². The van der Waals surface area contributed by atoms with Gasteiger partial charge in [0.2, 0.25) is 5.91 Å². The fraction of sp³-hybridized carbons (Fsp3) is 0.312. The molecule has 0 bridgehead atoms. The highest BCUT2D eigenvalue weighted by Crippen LogP contribution is 2.25. The van der Waals surface area contributed by atoms with E-state index in [1.165, 1.54) is 13.2 Å². The van der Waals surface area contributed by atoms with Gasteiger partial charge in [-0.25, -0.2) is 4.98 Å². The summed E-state index contributed by atoms with van der Waals surface area (Å²) in [5.74, 6) is 0.362. The Morgan fingerprint density at radius 2 is 2.12 bits per heavy atom. The Bertz CT molecular complexity index is 763. The Labute approximate surface area is 143 Å². The molecule has 2 rings (SSSR count). The maximum Gasteiger partial charge on any atom is 0.251 e. The summed E-state index contributed by atoms with van der Waals surface area (Å²) in [5.41, 5.74) is 0.824. The molecule has 1 aromatic carbocycles. The van der Waals surface area contributed by atoms with E-state index in [0.29, 0.717) is 22.3 Å². The Morgan fingerprint density at radius 3 is 2.83 bits per heavy atom. The van der Waals surface area contributed by atoms with Gasteiger partial charge in [0.1, 0.15) is 5.75 Å². The van der Waals surface area contributed by atoms with Crippen molar-refractivity contribution in [1.29, 1.82) is 0 Å². The zero-order chi connectivity index (χ0) is 17.5. The first kappa shape index (κ1) is 18.0. The number of ether oxygens (including phenoxy) is 2. The second kappa shape index (κ2) is 8.51. The van der Waals surface area contributed by atoms with E-state index in [1.807, 2.05) is 12.1 Å². The Balaban J connectivity index is 2.07. The molecule has 0 saturated heterocycles. The van der Waals surface area contributed by atoms with Crippen molar-refractivity contribution in [1.82, 2.24) is 9.97 Å². The van der Waals surface area contributed by atoms with Gasteiger partial charge in [-0.1, -0.05) is 23.9 Å². The van der Waals surface area contributed by atoms with Crippen LogP contribution in [-0.2, 0) is 16.1 Å². The Morgan fingerprint density at radius 1 is 1.38 bits per heavy atom. The van der Waals surface area contributed by atoms with E-state index in [4.69, 9.17) is 9.47 Å². The number of rotatable bonds is 7. The summed E-state index contributed by atoms with van der Waals surface area (Å²) in [4.78, 5) is 30.9. The average Bonchev–Trinajstić information content (AvgIpc) is 2.55. The first-order valence-electron chi connectivity index (χ1n) is 7.23. The SMILES string of the molecule is COCc1cc(=O)[nH]c(SC(C)C(=O)Nc2ccccc2OC)n1. The third kappa shape index (κ3) is 4.84. The molecule has 0 aliphatic heterocycles. The second-order valence-corrected chi connectivity index (χ2v) is 6.25. The molecule has 1 aromatic heterocycles. The molecule has 1 atom stereocenters. The van der Waals surface area contributed by atoms with Gasteiger partial charge < -0.3 is 19.8 Å². The van der Waals surface area contributed by atoms with Gasteiger partial charge >= 0.3 is 0 Å². The lowest BCUT2D eigenvalue weighted by Gasteiger charge is -2.13. The van der Waals surface area contributed by atoms with Gasteiger partial charge in [-0.3, -0.25) is 9.59 Å². The van der Waals surface area contributed by atoms with E-state index < -0.39 is 5.25 Å². The van der Waals surface area contributed by atoms with Crippen LogP contribution >= 0.6 is 11.8 Å². The highest BCUT2D eigenvalue weighted by molar-refractivity contribution is 8.00. The zero-order valence-corrected chi connectivity index (χ0v) is 14.5. The number of nitrogens with zero attached hydrogens (tertiary/aromatic N) is 1. The number of thioether (sulfide) groups is 1.